The van der Waals surface area contributed by atoms with Gasteiger partial charge in [0.2, 0.25) is 0 Å². The van der Waals surface area contributed by atoms with Crippen LogP contribution in [0.1, 0.15) is 39.5 Å². The predicted molar refractivity (Wildman–Crippen MR) is 64.4 cm³/mol. The van der Waals surface area contributed by atoms with Gasteiger partial charge >= 0.3 is 0 Å². The molecular formula is C11H23NO2S. The molecule has 2 N–H and O–H groups in total. The zero-order valence-corrected chi connectivity index (χ0v) is 10.6. The number of aliphatic hydroxyl groups is 1. The first-order chi connectivity index (χ1) is 7.03. The summed E-state index contributed by atoms with van der Waals surface area (Å²) < 4.78 is 11.1. The van der Waals surface area contributed by atoms with E-state index in [2.05, 4.69) is 12.2 Å². The summed E-state index contributed by atoms with van der Waals surface area (Å²) in [6, 6.07) is 0.450. The van der Waals surface area contributed by atoms with E-state index in [1.54, 1.807) is 0 Å². The van der Waals surface area contributed by atoms with Crippen molar-refractivity contribution in [3.05, 3.63) is 0 Å². The first-order valence-electron chi connectivity index (χ1n) is 5.84. The van der Waals surface area contributed by atoms with Crippen LogP contribution >= 0.6 is 0 Å². The van der Waals surface area contributed by atoms with Gasteiger partial charge in [-0.3, -0.25) is 4.21 Å². The molecule has 0 aromatic carbocycles. The summed E-state index contributed by atoms with van der Waals surface area (Å²) in [4.78, 5) is 0. The zero-order valence-electron chi connectivity index (χ0n) is 9.79. The molecule has 0 aliphatic carbocycles. The van der Waals surface area contributed by atoms with E-state index in [0.29, 0.717) is 12.6 Å². The molecule has 1 rings (SSSR count). The minimum absolute atomic E-state index is 0.450. The molecule has 0 aromatic heterocycles. The molecule has 1 heterocycles. The Morgan fingerprint density at radius 1 is 1.47 bits per heavy atom. The Morgan fingerprint density at radius 3 is 2.60 bits per heavy atom. The van der Waals surface area contributed by atoms with Gasteiger partial charge in [0.05, 0.1) is 5.60 Å². The van der Waals surface area contributed by atoms with E-state index in [9.17, 15) is 9.32 Å². The van der Waals surface area contributed by atoms with Crippen molar-refractivity contribution in [2.24, 2.45) is 0 Å². The van der Waals surface area contributed by atoms with Crippen LogP contribution in [0, 0.1) is 0 Å². The van der Waals surface area contributed by atoms with Crippen LogP contribution < -0.4 is 5.32 Å². The van der Waals surface area contributed by atoms with Crippen molar-refractivity contribution in [3.8, 4) is 0 Å². The van der Waals surface area contributed by atoms with Gasteiger partial charge in [0.1, 0.15) is 0 Å². The molecule has 0 spiro atoms. The van der Waals surface area contributed by atoms with Crippen molar-refractivity contribution >= 4 is 10.8 Å². The Morgan fingerprint density at radius 2 is 2.07 bits per heavy atom. The van der Waals surface area contributed by atoms with E-state index in [0.717, 1.165) is 37.2 Å². The Bertz CT molecular complexity index is 209. The van der Waals surface area contributed by atoms with Crippen LogP contribution in [-0.2, 0) is 10.8 Å². The molecule has 3 nitrogen and oxygen atoms in total. The topological polar surface area (TPSA) is 49.3 Å². The Labute approximate surface area is 95.1 Å². The SMILES string of the molecule is CCCC(C)(O)CNC1CCS(=O)CC1. The molecule has 4 heteroatoms. The summed E-state index contributed by atoms with van der Waals surface area (Å²) in [5, 5.41) is 13.4. The van der Waals surface area contributed by atoms with Gasteiger partial charge in [-0.25, -0.2) is 0 Å². The monoisotopic (exact) mass is 233 g/mol. The van der Waals surface area contributed by atoms with Gasteiger partial charge in [-0.15, -0.1) is 0 Å². The quantitative estimate of drug-likeness (QED) is 0.746. The third-order valence-corrected chi connectivity index (χ3v) is 4.33. The van der Waals surface area contributed by atoms with Crippen molar-refractivity contribution in [2.45, 2.75) is 51.2 Å². The highest BCUT2D eigenvalue weighted by Crippen LogP contribution is 2.13. The molecule has 90 valence electrons. The summed E-state index contributed by atoms with van der Waals surface area (Å²) in [6.07, 6.45) is 3.80. The molecule has 0 amide bonds. The molecule has 1 fully saturated rings. The lowest BCUT2D eigenvalue weighted by Gasteiger charge is -2.28. The maximum absolute atomic E-state index is 11.1. The molecule has 1 atom stereocenters. The molecule has 0 radical (unpaired) electrons. The highest BCUT2D eigenvalue weighted by molar-refractivity contribution is 7.85. The number of hydrogen-bond acceptors (Lipinski definition) is 3. The maximum Gasteiger partial charge on any atom is 0.0743 e. The number of rotatable bonds is 5. The second-order valence-electron chi connectivity index (χ2n) is 4.75. The van der Waals surface area contributed by atoms with Crippen LogP contribution in [0.5, 0.6) is 0 Å². The van der Waals surface area contributed by atoms with E-state index in [1.165, 1.54) is 0 Å². The summed E-state index contributed by atoms with van der Waals surface area (Å²) in [7, 11) is -0.592. The highest BCUT2D eigenvalue weighted by Gasteiger charge is 2.22. The Balaban J connectivity index is 2.22. The fourth-order valence-corrected chi connectivity index (χ4v) is 3.29. The van der Waals surface area contributed by atoms with E-state index in [4.69, 9.17) is 0 Å². The fraction of sp³-hybridized carbons (Fsp3) is 1.00. The highest BCUT2D eigenvalue weighted by atomic mass is 32.2. The summed E-state index contributed by atoms with van der Waals surface area (Å²) in [5.41, 5.74) is -0.592. The lowest BCUT2D eigenvalue weighted by Crippen LogP contribution is -2.44. The molecule has 1 unspecified atom stereocenters. The lowest BCUT2D eigenvalue weighted by atomic mass is 10.00. The van der Waals surface area contributed by atoms with Gasteiger partial charge < -0.3 is 10.4 Å². The van der Waals surface area contributed by atoms with Crippen LogP contribution in [0.3, 0.4) is 0 Å². The summed E-state index contributed by atoms with van der Waals surface area (Å²) in [6.45, 7) is 4.61. The molecule has 15 heavy (non-hydrogen) atoms. The summed E-state index contributed by atoms with van der Waals surface area (Å²) >= 11 is 0. The van der Waals surface area contributed by atoms with Gasteiger partial charge in [-0.05, 0) is 26.2 Å². The van der Waals surface area contributed by atoms with E-state index < -0.39 is 16.4 Å². The smallest absolute Gasteiger partial charge is 0.0743 e. The van der Waals surface area contributed by atoms with Gasteiger partial charge in [0.25, 0.3) is 0 Å². The van der Waals surface area contributed by atoms with Crippen molar-refractivity contribution in [1.29, 1.82) is 0 Å². The second-order valence-corrected chi connectivity index (χ2v) is 6.45. The molecule has 1 aliphatic heterocycles. The van der Waals surface area contributed by atoms with Crippen molar-refractivity contribution < 1.29 is 9.32 Å². The van der Waals surface area contributed by atoms with E-state index >= 15 is 0 Å². The maximum atomic E-state index is 11.1. The zero-order chi connectivity index (χ0) is 11.3. The molecule has 1 saturated heterocycles. The normalized spacial score (nSPS) is 31.1. The predicted octanol–water partition coefficient (Wildman–Crippen LogP) is 1.04. The second kappa shape index (κ2) is 5.97. The van der Waals surface area contributed by atoms with E-state index in [1.807, 2.05) is 6.92 Å². The number of nitrogens with one attached hydrogen (secondary N) is 1. The molecule has 1 aliphatic rings. The standard InChI is InChI=1S/C11H23NO2S/c1-3-6-11(2,13)9-12-10-4-7-15(14)8-5-10/h10,12-13H,3-9H2,1-2H3. The molecule has 0 bridgehead atoms. The van der Waals surface area contributed by atoms with Crippen LogP contribution in [0.25, 0.3) is 0 Å². The Kier molecular flexibility index (Phi) is 5.23. The van der Waals surface area contributed by atoms with E-state index in [-0.39, 0.29) is 0 Å². The molecular weight excluding hydrogens is 210 g/mol. The Hall–Kier alpha value is 0.0700. The van der Waals surface area contributed by atoms with Crippen LogP contribution in [0.4, 0.5) is 0 Å². The molecule has 0 aromatic rings. The van der Waals surface area contributed by atoms with Gasteiger partial charge in [-0.2, -0.15) is 0 Å². The van der Waals surface area contributed by atoms with Gasteiger partial charge in [-0.1, -0.05) is 13.3 Å². The first-order valence-corrected chi connectivity index (χ1v) is 7.33. The minimum atomic E-state index is -0.592. The van der Waals surface area contributed by atoms with Crippen LogP contribution in [0.15, 0.2) is 0 Å². The third-order valence-electron chi connectivity index (χ3n) is 2.95. The number of hydrogen-bond donors (Lipinski definition) is 2. The molecule has 0 saturated carbocycles. The van der Waals surface area contributed by atoms with Crippen molar-refractivity contribution in [2.75, 3.05) is 18.1 Å². The minimum Gasteiger partial charge on any atom is -0.389 e. The van der Waals surface area contributed by atoms with Crippen LogP contribution in [-0.4, -0.2) is 39.0 Å². The van der Waals surface area contributed by atoms with Gasteiger partial charge in [0.15, 0.2) is 0 Å². The van der Waals surface area contributed by atoms with Crippen molar-refractivity contribution in [1.82, 2.24) is 5.32 Å². The van der Waals surface area contributed by atoms with Crippen molar-refractivity contribution in [3.63, 3.8) is 0 Å². The first kappa shape index (κ1) is 13.1. The lowest BCUT2D eigenvalue weighted by molar-refractivity contribution is 0.0468. The average Bonchev–Trinajstić information content (AvgIpc) is 2.17. The fourth-order valence-electron chi connectivity index (χ4n) is 1.99. The average molecular weight is 233 g/mol. The van der Waals surface area contributed by atoms with Crippen LogP contribution in [0.2, 0.25) is 0 Å². The van der Waals surface area contributed by atoms with Gasteiger partial charge in [0, 0.05) is 34.9 Å². The third kappa shape index (κ3) is 5.09. The largest absolute Gasteiger partial charge is 0.389 e. The summed E-state index contributed by atoms with van der Waals surface area (Å²) in [5.74, 6) is 1.63.